The van der Waals surface area contributed by atoms with Crippen molar-refractivity contribution in [3.05, 3.63) is 93.5 Å². The number of rotatable bonds is 4. The summed E-state index contributed by atoms with van der Waals surface area (Å²) in [7, 11) is 1.54. The first-order valence-electron chi connectivity index (χ1n) is 11.3. The maximum Gasteiger partial charge on any atom is 0.240 e. The van der Waals surface area contributed by atoms with Crippen LogP contribution in [-0.2, 0) is 9.59 Å². The second-order valence-electron chi connectivity index (χ2n) is 8.90. The summed E-state index contributed by atoms with van der Waals surface area (Å²) in [5.41, 5.74) is 2.34. The Kier molecular flexibility index (Phi) is 5.35. The number of hydrogen-bond donors (Lipinski definition) is 0. The molecule has 180 valence electrons. The molecule has 3 aromatic carbocycles. The minimum atomic E-state index is -0.967. The van der Waals surface area contributed by atoms with Crippen molar-refractivity contribution < 1.29 is 19.1 Å². The summed E-state index contributed by atoms with van der Waals surface area (Å²) in [4.78, 5) is 42.8. The molecule has 0 spiro atoms. The number of nitrogens with zero attached hydrogens (tertiary/aromatic N) is 3. The fourth-order valence-corrected chi connectivity index (χ4v) is 5.99. The van der Waals surface area contributed by atoms with Gasteiger partial charge in [-0.3, -0.25) is 19.4 Å². The van der Waals surface area contributed by atoms with Crippen LogP contribution in [0.1, 0.15) is 27.5 Å². The molecule has 3 heterocycles. The van der Waals surface area contributed by atoms with Gasteiger partial charge in [-0.25, -0.2) is 4.90 Å². The molecule has 9 heteroatoms. The molecule has 0 N–H and O–H groups in total. The molecule has 7 nitrogen and oxygen atoms in total. The zero-order valence-electron chi connectivity index (χ0n) is 19.0. The molecule has 3 aliphatic heterocycles. The van der Waals surface area contributed by atoms with E-state index in [2.05, 4.69) is 5.10 Å². The van der Waals surface area contributed by atoms with Gasteiger partial charge in [0.1, 0.15) is 11.8 Å². The van der Waals surface area contributed by atoms with Crippen molar-refractivity contribution in [2.45, 2.75) is 12.1 Å². The lowest BCUT2D eigenvalue weighted by molar-refractivity contribution is -0.124. The van der Waals surface area contributed by atoms with E-state index in [9.17, 15) is 14.4 Å². The normalized spacial score (nSPS) is 24.0. The first-order valence-corrected chi connectivity index (χ1v) is 12.1. The number of amides is 2. The van der Waals surface area contributed by atoms with E-state index in [0.29, 0.717) is 16.3 Å². The first kappa shape index (κ1) is 22.8. The van der Waals surface area contributed by atoms with E-state index in [1.54, 1.807) is 54.7 Å². The van der Waals surface area contributed by atoms with Crippen molar-refractivity contribution >= 4 is 52.7 Å². The molecule has 36 heavy (non-hydrogen) atoms. The second-order valence-corrected chi connectivity index (χ2v) is 9.74. The van der Waals surface area contributed by atoms with E-state index >= 15 is 0 Å². The van der Waals surface area contributed by atoms with Gasteiger partial charge in [0.15, 0.2) is 5.78 Å². The van der Waals surface area contributed by atoms with E-state index in [1.807, 2.05) is 24.3 Å². The Hall–Kier alpha value is -3.68. The Labute approximate surface area is 216 Å². The third kappa shape index (κ3) is 3.27. The number of hydrogen-bond acceptors (Lipinski definition) is 6. The summed E-state index contributed by atoms with van der Waals surface area (Å²) in [6.45, 7) is 0. The van der Waals surface area contributed by atoms with Crippen molar-refractivity contribution in [2.24, 2.45) is 16.9 Å². The monoisotopic (exact) mass is 519 g/mol. The minimum absolute atomic E-state index is 0.182. The van der Waals surface area contributed by atoms with E-state index in [-0.39, 0.29) is 16.5 Å². The maximum absolute atomic E-state index is 13.9. The van der Waals surface area contributed by atoms with Crippen LogP contribution in [0.3, 0.4) is 0 Å². The van der Waals surface area contributed by atoms with Crippen molar-refractivity contribution in [3.8, 4) is 5.75 Å². The van der Waals surface area contributed by atoms with E-state index in [0.717, 1.165) is 16.0 Å². The molecule has 2 fully saturated rings. The highest BCUT2D eigenvalue weighted by molar-refractivity contribution is 6.38. The van der Waals surface area contributed by atoms with Gasteiger partial charge in [0.2, 0.25) is 11.8 Å². The number of imide groups is 1. The molecule has 0 saturated carbocycles. The Morgan fingerprint density at radius 3 is 2.39 bits per heavy atom. The number of carbonyl (C=O) groups is 3. The van der Waals surface area contributed by atoms with Crippen molar-refractivity contribution in [1.82, 2.24) is 5.01 Å². The minimum Gasteiger partial charge on any atom is -0.497 e. The SMILES string of the molecule is COc1ccc(C(=O)C2C3C(=O)N(c4ccc(Cl)cc4Cl)C(=O)C3C3c4ccccc4C=NN23)cc1. The van der Waals surface area contributed by atoms with Gasteiger partial charge in [-0.2, -0.15) is 5.10 Å². The first-order chi connectivity index (χ1) is 17.4. The third-order valence-electron chi connectivity index (χ3n) is 7.09. The Morgan fingerprint density at radius 2 is 1.67 bits per heavy atom. The van der Waals surface area contributed by atoms with Gasteiger partial charge in [0.25, 0.3) is 0 Å². The summed E-state index contributed by atoms with van der Waals surface area (Å²) >= 11 is 12.4. The average molecular weight is 520 g/mol. The highest BCUT2D eigenvalue weighted by Gasteiger charge is 2.65. The van der Waals surface area contributed by atoms with Crippen LogP contribution in [0.5, 0.6) is 5.75 Å². The van der Waals surface area contributed by atoms with Gasteiger partial charge >= 0.3 is 0 Å². The van der Waals surface area contributed by atoms with Gasteiger partial charge in [-0.1, -0.05) is 47.5 Å². The average Bonchev–Trinajstić information content (AvgIpc) is 3.36. The number of halogens is 2. The number of anilines is 1. The second kappa shape index (κ2) is 8.47. The molecule has 2 saturated heterocycles. The number of methoxy groups -OCH3 is 1. The van der Waals surface area contributed by atoms with Gasteiger partial charge in [-0.05, 0) is 53.6 Å². The predicted octanol–water partition coefficient (Wildman–Crippen LogP) is 4.76. The van der Waals surface area contributed by atoms with Gasteiger partial charge < -0.3 is 4.74 Å². The Bertz CT molecular complexity index is 1460. The maximum atomic E-state index is 13.9. The molecule has 0 aliphatic carbocycles. The molecule has 0 aromatic heterocycles. The topological polar surface area (TPSA) is 79.3 Å². The van der Waals surface area contributed by atoms with Crippen molar-refractivity contribution in [1.29, 1.82) is 0 Å². The van der Waals surface area contributed by atoms with E-state index < -0.39 is 35.7 Å². The zero-order valence-corrected chi connectivity index (χ0v) is 20.5. The Balaban J connectivity index is 1.49. The molecular formula is C27H19Cl2N3O4. The van der Waals surface area contributed by atoms with E-state index in [4.69, 9.17) is 27.9 Å². The number of carbonyl (C=O) groups excluding carboxylic acids is 3. The molecule has 3 aromatic rings. The number of hydrazone groups is 1. The number of ketones is 1. The Morgan fingerprint density at radius 1 is 0.944 bits per heavy atom. The molecule has 4 atom stereocenters. The smallest absolute Gasteiger partial charge is 0.240 e. The van der Waals surface area contributed by atoms with Crippen LogP contribution < -0.4 is 9.64 Å². The molecule has 0 bridgehead atoms. The molecule has 2 amide bonds. The lowest BCUT2D eigenvalue weighted by atomic mass is 9.83. The van der Waals surface area contributed by atoms with Gasteiger partial charge in [0, 0.05) is 10.6 Å². The number of benzene rings is 3. The highest BCUT2D eigenvalue weighted by atomic mass is 35.5. The van der Waals surface area contributed by atoms with E-state index in [1.165, 1.54) is 6.07 Å². The standard InChI is InChI=1S/C27H19Cl2N3O4/c1-36-17-9-6-14(7-10-17)25(33)24-22-21(23-18-5-3-2-4-15(18)13-30-32(23)24)26(34)31(27(22)35)20-11-8-16(28)12-19(20)29/h2-13,21-24H,1H3. The molecule has 3 aliphatic rings. The quantitative estimate of drug-likeness (QED) is 0.366. The summed E-state index contributed by atoms with van der Waals surface area (Å²) in [6, 6.07) is 17.3. The fourth-order valence-electron chi connectivity index (χ4n) is 5.49. The zero-order chi connectivity index (χ0) is 25.1. The molecule has 4 unspecified atom stereocenters. The number of ether oxygens (including phenoxy) is 1. The number of fused-ring (bicyclic) bond motifs is 5. The van der Waals surface area contributed by atoms with Crippen LogP contribution in [0.2, 0.25) is 10.0 Å². The largest absolute Gasteiger partial charge is 0.497 e. The van der Waals surface area contributed by atoms with Gasteiger partial charge in [0.05, 0.1) is 41.9 Å². The van der Waals surface area contributed by atoms with Crippen LogP contribution in [-0.4, -0.2) is 42.0 Å². The fraction of sp³-hybridized carbons (Fsp3) is 0.185. The van der Waals surface area contributed by atoms with Gasteiger partial charge in [-0.15, -0.1) is 0 Å². The summed E-state index contributed by atoms with van der Waals surface area (Å²) in [6.07, 6.45) is 1.67. The third-order valence-corrected chi connectivity index (χ3v) is 7.62. The highest BCUT2D eigenvalue weighted by Crippen LogP contribution is 2.53. The molecular weight excluding hydrogens is 501 g/mol. The van der Waals surface area contributed by atoms with Crippen LogP contribution in [0, 0.1) is 11.8 Å². The summed E-state index contributed by atoms with van der Waals surface area (Å²) in [5, 5.41) is 6.76. The summed E-state index contributed by atoms with van der Waals surface area (Å²) in [5.74, 6) is -2.34. The van der Waals surface area contributed by atoms with Crippen LogP contribution in [0.4, 0.5) is 5.69 Å². The van der Waals surface area contributed by atoms with Crippen LogP contribution >= 0.6 is 23.2 Å². The van der Waals surface area contributed by atoms with Crippen LogP contribution in [0.15, 0.2) is 71.8 Å². The predicted molar refractivity (Wildman–Crippen MR) is 136 cm³/mol. The number of Topliss-reactive ketones (excluding diaryl/α,β-unsaturated/α-hetero) is 1. The van der Waals surface area contributed by atoms with Crippen LogP contribution in [0.25, 0.3) is 0 Å². The lowest BCUT2D eigenvalue weighted by Gasteiger charge is -2.33. The molecule has 6 rings (SSSR count). The molecule has 0 radical (unpaired) electrons. The van der Waals surface area contributed by atoms with Crippen molar-refractivity contribution in [3.63, 3.8) is 0 Å². The van der Waals surface area contributed by atoms with Crippen molar-refractivity contribution in [2.75, 3.05) is 12.0 Å². The summed E-state index contributed by atoms with van der Waals surface area (Å²) < 4.78 is 5.21. The lowest BCUT2D eigenvalue weighted by Crippen LogP contribution is -2.44.